The Balaban J connectivity index is 1.77. The lowest BCUT2D eigenvalue weighted by Crippen LogP contribution is -2.18. The number of hydrogen-bond acceptors (Lipinski definition) is 8. The Labute approximate surface area is 173 Å². The van der Waals surface area contributed by atoms with Crippen LogP contribution in [0.3, 0.4) is 0 Å². The molecule has 0 spiro atoms. The Bertz CT molecular complexity index is 1140. The average molecular weight is 426 g/mol. The number of thiazole rings is 1. The first-order valence-electron chi connectivity index (χ1n) is 8.42. The first-order chi connectivity index (χ1) is 14.3. The molecule has 0 bridgehead atoms. The van der Waals surface area contributed by atoms with E-state index in [1.165, 1.54) is 41.7 Å². The second kappa shape index (κ2) is 8.92. The molecule has 10 nitrogen and oxygen atoms in total. The van der Waals surface area contributed by atoms with Crippen LogP contribution in [0, 0.1) is 10.1 Å². The monoisotopic (exact) mass is 426 g/mol. The molecular weight excluding hydrogens is 412 g/mol. The smallest absolute Gasteiger partial charge is 0.352 e. The third kappa shape index (κ3) is 4.83. The van der Waals surface area contributed by atoms with Crippen molar-refractivity contribution in [1.82, 2.24) is 4.98 Å². The van der Waals surface area contributed by atoms with E-state index in [0.717, 1.165) is 0 Å². The summed E-state index contributed by atoms with van der Waals surface area (Å²) in [6.07, 6.45) is -0.242. The fraction of sp³-hybridized carbons (Fsp3) is 0.0526. The third-order valence-electron chi connectivity index (χ3n) is 4.01. The van der Waals surface area contributed by atoms with Crippen LogP contribution >= 0.6 is 11.3 Å². The van der Waals surface area contributed by atoms with Gasteiger partial charge in [-0.3, -0.25) is 15.5 Å². The number of para-hydroxylation sites is 1. The largest absolute Gasteiger partial charge is 0.478 e. The van der Waals surface area contributed by atoms with Crippen LogP contribution in [0.4, 0.5) is 10.8 Å². The van der Waals surface area contributed by atoms with E-state index in [9.17, 15) is 24.8 Å². The normalized spacial score (nSPS) is 11.1. The lowest BCUT2D eigenvalue weighted by atomic mass is 10.1. The van der Waals surface area contributed by atoms with Gasteiger partial charge in [-0.05, 0) is 12.1 Å². The highest BCUT2D eigenvalue weighted by Crippen LogP contribution is 2.25. The van der Waals surface area contributed by atoms with E-state index in [-0.39, 0.29) is 28.9 Å². The van der Waals surface area contributed by atoms with E-state index in [0.29, 0.717) is 16.4 Å². The van der Waals surface area contributed by atoms with Crippen molar-refractivity contribution in [2.75, 3.05) is 5.43 Å². The SMILES string of the molecule is O=C(O)/C(Cc1ccccc1[N+](=O)[O-])=N/Nc1nc(-c2ccc(C(=O)O)cc2)cs1. The molecule has 3 rings (SSSR count). The van der Waals surface area contributed by atoms with Gasteiger partial charge in [0, 0.05) is 29.0 Å². The van der Waals surface area contributed by atoms with Crippen molar-refractivity contribution >= 4 is 39.8 Å². The van der Waals surface area contributed by atoms with Gasteiger partial charge in [0.25, 0.3) is 5.69 Å². The number of hydrogen-bond donors (Lipinski definition) is 3. The Morgan fingerprint density at radius 2 is 1.83 bits per heavy atom. The van der Waals surface area contributed by atoms with Gasteiger partial charge in [-0.1, -0.05) is 30.3 Å². The molecule has 0 atom stereocenters. The summed E-state index contributed by atoms with van der Waals surface area (Å²) >= 11 is 1.18. The molecule has 0 unspecified atom stereocenters. The Morgan fingerprint density at radius 3 is 2.47 bits per heavy atom. The van der Waals surface area contributed by atoms with Crippen LogP contribution in [0.5, 0.6) is 0 Å². The van der Waals surface area contributed by atoms with Gasteiger partial charge in [0.1, 0.15) is 5.71 Å². The molecule has 0 aliphatic carbocycles. The number of aliphatic carboxylic acids is 1. The highest BCUT2D eigenvalue weighted by molar-refractivity contribution is 7.14. The number of benzene rings is 2. The van der Waals surface area contributed by atoms with E-state index in [1.54, 1.807) is 23.6 Å². The Morgan fingerprint density at radius 1 is 1.13 bits per heavy atom. The molecule has 0 aliphatic rings. The number of nitrogens with zero attached hydrogens (tertiary/aromatic N) is 3. The number of rotatable bonds is 8. The summed E-state index contributed by atoms with van der Waals surface area (Å²) in [6.45, 7) is 0. The van der Waals surface area contributed by atoms with Crippen LogP contribution in [0.1, 0.15) is 15.9 Å². The minimum atomic E-state index is -1.32. The number of aromatic nitrogens is 1. The topological polar surface area (TPSA) is 155 Å². The number of carboxylic acids is 2. The molecule has 3 N–H and O–H groups in total. The minimum absolute atomic E-state index is 0.151. The molecule has 30 heavy (non-hydrogen) atoms. The second-order valence-corrected chi connectivity index (χ2v) is 6.82. The summed E-state index contributed by atoms with van der Waals surface area (Å²) in [5.74, 6) is -2.35. The average Bonchev–Trinajstić information content (AvgIpc) is 3.20. The number of nitro benzene ring substituents is 1. The standard InChI is InChI=1S/C19H14N4O6S/c24-17(25)12-7-5-11(6-8-12)15-10-30-19(20-15)22-21-14(18(26)27)9-13-3-1-2-4-16(13)23(28)29/h1-8,10H,9H2,(H,20,22)(H,24,25)(H,26,27)/b21-14+. The summed E-state index contributed by atoms with van der Waals surface area (Å²) in [5, 5.41) is 35.3. The minimum Gasteiger partial charge on any atom is -0.478 e. The fourth-order valence-electron chi connectivity index (χ4n) is 2.54. The van der Waals surface area contributed by atoms with Crippen LogP contribution in [0.25, 0.3) is 11.3 Å². The summed E-state index contributed by atoms with van der Waals surface area (Å²) < 4.78 is 0. The molecule has 0 aliphatic heterocycles. The number of carboxylic acid groups (broad SMARTS) is 2. The molecule has 0 radical (unpaired) electrons. The van der Waals surface area contributed by atoms with Crippen LogP contribution in [0.15, 0.2) is 59.0 Å². The molecule has 0 amide bonds. The number of aromatic carboxylic acids is 1. The van der Waals surface area contributed by atoms with Crippen LogP contribution in [-0.2, 0) is 11.2 Å². The van der Waals surface area contributed by atoms with E-state index >= 15 is 0 Å². The van der Waals surface area contributed by atoms with Crippen molar-refractivity contribution in [3.05, 3.63) is 75.2 Å². The Hall–Kier alpha value is -4.12. The summed E-state index contributed by atoms with van der Waals surface area (Å²) in [4.78, 5) is 37.3. The van der Waals surface area contributed by atoms with Gasteiger partial charge in [-0.25, -0.2) is 14.6 Å². The summed E-state index contributed by atoms with van der Waals surface area (Å²) in [6, 6.07) is 12.0. The zero-order chi connectivity index (χ0) is 21.7. The first-order valence-corrected chi connectivity index (χ1v) is 9.30. The molecule has 2 aromatic carbocycles. The summed E-state index contributed by atoms with van der Waals surface area (Å²) in [5.41, 5.74) is 3.69. The van der Waals surface area contributed by atoms with Gasteiger partial charge < -0.3 is 10.2 Å². The zero-order valence-electron chi connectivity index (χ0n) is 15.2. The highest BCUT2D eigenvalue weighted by atomic mass is 32.1. The van der Waals surface area contributed by atoms with E-state index < -0.39 is 16.9 Å². The lowest BCUT2D eigenvalue weighted by molar-refractivity contribution is -0.385. The summed E-state index contributed by atoms with van der Waals surface area (Å²) in [7, 11) is 0. The van der Waals surface area contributed by atoms with Gasteiger partial charge in [0.15, 0.2) is 0 Å². The third-order valence-corrected chi connectivity index (χ3v) is 4.76. The molecule has 0 saturated carbocycles. The molecule has 1 heterocycles. The fourth-order valence-corrected chi connectivity index (χ4v) is 3.20. The number of anilines is 1. The van der Waals surface area contributed by atoms with E-state index in [2.05, 4.69) is 15.5 Å². The molecular formula is C19H14N4O6S. The van der Waals surface area contributed by atoms with Crippen LogP contribution in [-0.4, -0.2) is 37.8 Å². The number of hydrazone groups is 1. The second-order valence-electron chi connectivity index (χ2n) is 5.96. The van der Waals surface area contributed by atoms with Gasteiger partial charge in [-0.15, -0.1) is 11.3 Å². The lowest BCUT2D eigenvalue weighted by Gasteiger charge is -2.04. The van der Waals surface area contributed by atoms with Crippen molar-refractivity contribution in [1.29, 1.82) is 0 Å². The van der Waals surface area contributed by atoms with Crippen molar-refractivity contribution in [3.8, 4) is 11.3 Å². The predicted molar refractivity (Wildman–Crippen MR) is 110 cm³/mol. The molecule has 0 fully saturated rings. The maximum absolute atomic E-state index is 11.5. The predicted octanol–water partition coefficient (Wildman–Crippen LogP) is 3.51. The maximum Gasteiger partial charge on any atom is 0.352 e. The Kier molecular flexibility index (Phi) is 6.13. The molecule has 3 aromatic rings. The first kappa shape index (κ1) is 20.6. The number of carbonyl (C=O) groups is 2. The van der Waals surface area contributed by atoms with Gasteiger partial charge in [0.05, 0.1) is 16.2 Å². The highest BCUT2D eigenvalue weighted by Gasteiger charge is 2.18. The molecule has 152 valence electrons. The van der Waals surface area contributed by atoms with Gasteiger partial charge in [-0.2, -0.15) is 5.10 Å². The van der Waals surface area contributed by atoms with Crippen molar-refractivity contribution in [2.24, 2.45) is 5.10 Å². The van der Waals surface area contributed by atoms with Crippen molar-refractivity contribution in [2.45, 2.75) is 6.42 Å². The van der Waals surface area contributed by atoms with Crippen LogP contribution < -0.4 is 5.43 Å². The van der Waals surface area contributed by atoms with Crippen molar-refractivity contribution in [3.63, 3.8) is 0 Å². The maximum atomic E-state index is 11.5. The van der Waals surface area contributed by atoms with E-state index in [1.807, 2.05) is 0 Å². The van der Waals surface area contributed by atoms with Crippen molar-refractivity contribution < 1.29 is 24.7 Å². The van der Waals surface area contributed by atoms with Gasteiger partial charge in [0.2, 0.25) is 5.13 Å². The van der Waals surface area contributed by atoms with E-state index in [4.69, 9.17) is 5.11 Å². The number of nitrogens with one attached hydrogen (secondary N) is 1. The van der Waals surface area contributed by atoms with Gasteiger partial charge >= 0.3 is 11.9 Å². The zero-order valence-corrected chi connectivity index (χ0v) is 16.0. The molecule has 1 aromatic heterocycles. The molecule has 0 saturated heterocycles. The van der Waals surface area contributed by atoms with Crippen LogP contribution in [0.2, 0.25) is 0 Å². The number of nitro groups is 1. The quantitative estimate of drug-likeness (QED) is 0.281. The molecule has 11 heteroatoms.